The minimum atomic E-state index is -3.55. The third-order valence-corrected chi connectivity index (χ3v) is 4.35. The molecule has 0 aliphatic carbocycles. The zero-order chi connectivity index (χ0) is 13.2. The van der Waals surface area contributed by atoms with Crippen LogP contribution in [0, 0.1) is 0 Å². The number of aromatic nitrogens is 2. The highest BCUT2D eigenvalue weighted by molar-refractivity contribution is 9.10. The van der Waals surface area contributed by atoms with Gasteiger partial charge >= 0.3 is 0 Å². The summed E-state index contributed by atoms with van der Waals surface area (Å²) < 4.78 is 25.0. The predicted octanol–water partition coefficient (Wildman–Crippen LogP) is 1.80. The van der Waals surface area contributed by atoms with Crippen molar-refractivity contribution in [3.05, 3.63) is 46.8 Å². The molecular formula is C11H10BrN3O2S. The first kappa shape index (κ1) is 13.0. The minimum absolute atomic E-state index is 0.00543. The maximum absolute atomic E-state index is 12.2. The largest absolute Gasteiger partial charge is 0.383 e. The van der Waals surface area contributed by atoms with Gasteiger partial charge in [0.05, 0.1) is 11.4 Å². The summed E-state index contributed by atoms with van der Waals surface area (Å²) in [5.74, 6) is -0.204. The maximum atomic E-state index is 12.2. The van der Waals surface area contributed by atoms with Crippen molar-refractivity contribution in [3.63, 3.8) is 0 Å². The smallest absolute Gasteiger partial charge is 0.187 e. The Hall–Kier alpha value is -1.47. The summed E-state index contributed by atoms with van der Waals surface area (Å²) in [4.78, 5) is 7.82. The fraction of sp³-hybridized carbons (Fsp3) is 0.0909. The van der Waals surface area contributed by atoms with Gasteiger partial charge in [-0.3, -0.25) is 4.98 Å². The molecule has 0 unspecified atom stereocenters. The Morgan fingerprint density at radius 3 is 2.72 bits per heavy atom. The predicted molar refractivity (Wildman–Crippen MR) is 71.5 cm³/mol. The Morgan fingerprint density at radius 1 is 1.28 bits per heavy atom. The molecule has 0 fully saturated rings. The Labute approximate surface area is 113 Å². The lowest BCUT2D eigenvalue weighted by molar-refractivity contribution is 0.594. The number of nitrogen functional groups attached to an aromatic ring is 1. The molecule has 0 saturated carbocycles. The molecule has 0 aliphatic heterocycles. The van der Waals surface area contributed by atoms with E-state index in [1.807, 2.05) is 0 Å². The number of hydrogen-bond acceptors (Lipinski definition) is 5. The van der Waals surface area contributed by atoms with Gasteiger partial charge in [0.25, 0.3) is 0 Å². The molecule has 2 rings (SSSR count). The van der Waals surface area contributed by atoms with E-state index >= 15 is 0 Å². The molecule has 18 heavy (non-hydrogen) atoms. The quantitative estimate of drug-likeness (QED) is 0.928. The number of nitrogens with two attached hydrogens (primary N) is 1. The summed E-state index contributed by atoms with van der Waals surface area (Å²) in [7, 11) is -3.55. The van der Waals surface area contributed by atoms with E-state index in [9.17, 15) is 8.42 Å². The number of nitrogens with zero attached hydrogens (tertiary/aromatic N) is 2. The molecule has 0 spiro atoms. The van der Waals surface area contributed by atoms with Crippen LogP contribution in [0.3, 0.4) is 0 Å². The van der Waals surface area contributed by atoms with Crippen molar-refractivity contribution in [2.24, 2.45) is 0 Å². The van der Waals surface area contributed by atoms with E-state index in [-0.39, 0.29) is 16.5 Å². The third kappa shape index (κ3) is 2.85. The van der Waals surface area contributed by atoms with Crippen LogP contribution in [-0.4, -0.2) is 18.4 Å². The van der Waals surface area contributed by atoms with Crippen LogP contribution in [0.2, 0.25) is 0 Å². The standard InChI is InChI=1S/C11H10BrN3O2S/c12-8-5-10(11(13)15-6-8)18(16,17)7-9-3-1-2-4-14-9/h1-6H,7H2,(H2,13,15). The summed E-state index contributed by atoms with van der Waals surface area (Å²) in [6.07, 6.45) is 3.00. The first-order valence-electron chi connectivity index (χ1n) is 5.03. The van der Waals surface area contributed by atoms with Gasteiger partial charge in [-0.15, -0.1) is 0 Å². The fourth-order valence-corrected chi connectivity index (χ4v) is 3.31. The van der Waals surface area contributed by atoms with E-state index in [0.29, 0.717) is 10.2 Å². The fourth-order valence-electron chi connectivity index (χ4n) is 1.44. The summed E-state index contributed by atoms with van der Waals surface area (Å²) in [6.45, 7) is 0. The number of halogens is 1. The Balaban J connectivity index is 2.40. The lowest BCUT2D eigenvalue weighted by atomic mass is 10.4. The van der Waals surface area contributed by atoms with E-state index < -0.39 is 9.84 Å². The number of pyridine rings is 2. The second-order valence-corrected chi connectivity index (χ2v) is 6.49. The monoisotopic (exact) mass is 327 g/mol. The Kier molecular flexibility index (Phi) is 3.63. The van der Waals surface area contributed by atoms with Gasteiger partial charge in [0, 0.05) is 16.9 Å². The second-order valence-electron chi connectivity index (χ2n) is 3.62. The van der Waals surface area contributed by atoms with Gasteiger partial charge in [0.2, 0.25) is 0 Å². The van der Waals surface area contributed by atoms with Crippen molar-refractivity contribution in [1.29, 1.82) is 0 Å². The molecule has 94 valence electrons. The molecule has 5 nitrogen and oxygen atoms in total. The lowest BCUT2D eigenvalue weighted by Crippen LogP contribution is -2.10. The van der Waals surface area contributed by atoms with Gasteiger partial charge in [-0.25, -0.2) is 13.4 Å². The van der Waals surface area contributed by atoms with Crippen molar-refractivity contribution < 1.29 is 8.42 Å². The van der Waals surface area contributed by atoms with Crippen molar-refractivity contribution >= 4 is 31.6 Å². The normalized spacial score (nSPS) is 11.4. The van der Waals surface area contributed by atoms with Gasteiger partial charge in [-0.1, -0.05) is 6.07 Å². The van der Waals surface area contributed by atoms with Crippen LogP contribution in [0.25, 0.3) is 0 Å². The molecule has 0 atom stereocenters. The SMILES string of the molecule is Nc1ncc(Br)cc1S(=O)(=O)Cc1ccccn1. The van der Waals surface area contributed by atoms with E-state index in [4.69, 9.17) is 5.73 Å². The van der Waals surface area contributed by atoms with Crippen LogP contribution in [0.4, 0.5) is 5.82 Å². The van der Waals surface area contributed by atoms with Crippen LogP contribution in [-0.2, 0) is 15.6 Å². The van der Waals surface area contributed by atoms with Crippen molar-refractivity contribution in [1.82, 2.24) is 9.97 Å². The first-order chi connectivity index (χ1) is 8.49. The van der Waals surface area contributed by atoms with Crippen molar-refractivity contribution in [2.45, 2.75) is 10.6 Å². The molecular weight excluding hydrogens is 318 g/mol. The van der Waals surface area contributed by atoms with Crippen LogP contribution in [0.1, 0.15) is 5.69 Å². The average molecular weight is 328 g/mol. The van der Waals surface area contributed by atoms with Gasteiger partial charge in [0.15, 0.2) is 9.84 Å². The summed E-state index contributed by atoms with van der Waals surface area (Å²) >= 11 is 3.18. The summed E-state index contributed by atoms with van der Waals surface area (Å²) in [5.41, 5.74) is 6.07. The molecule has 0 aliphatic rings. The van der Waals surface area contributed by atoms with Crippen LogP contribution in [0.5, 0.6) is 0 Å². The lowest BCUT2D eigenvalue weighted by Gasteiger charge is -2.06. The van der Waals surface area contributed by atoms with E-state index in [0.717, 1.165) is 0 Å². The molecule has 0 saturated heterocycles. The number of hydrogen-bond donors (Lipinski definition) is 1. The zero-order valence-corrected chi connectivity index (χ0v) is 11.6. The number of sulfone groups is 1. The average Bonchev–Trinajstić information content (AvgIpc) is 2.33. The van der Waals surface area contributed by atoms with Gasteiger partial charge in [-0.05, 0) is 34.1 Å². The van der Waals surface area contributed by atoms with Gasteiger partial charge in [-0.2, -0.15) is 0 Å². The van der Waals surface area contributed by atoms with Crippen LogP contribution < -0.4 is 5.73 Å². The van der Waals surface area contributed by atoms with Crippen LogP contribution >= 0.6 is 15.9 Å². The summed E-state index contributed by atoms with van der Waals surface area (Å²) in [6, 6.07) is 6.56. The molecule has 2 heterocycles. The molecule has 7 heteroatoms. The van der Waals surface area contributed by atoms with E-state index in [1.165, 1.54) is 12.3 Å². The van der Waals surface area contributed by atoms with E-state index in [2.05, 4.69) is 25.9 Å². The molecule has 2 aromatic rings. The van der Waals surface area contributed by atoms with E-state index in [1.54, 1.807) is 24.4 Å². The van der Waals surface area contributed by atoms with Crippen molar-refractivity contribution in [2.75, 3.05) is 5.73 Å². The first-order valence-corrected chi connectivity index (χ1v) is 7.47. The third-order valence-electron chi connectivity index (χ3n) is 2.25. The van der Waals surface area contributed by atoms with Crippen molar-refractivity contribution in [3.8, 4) is 0 Å². The second kappa shape index (κ2) is 5.03. The molecule has 0 bridgehead atoms. The Morgan fingerprint density at radius 2 is 2.06 bits per heavy atom. The molecule has 0 amide bonds. The van der Waals surface area contributed by atoms with Gasteiger partial charge in [0.1, 0.15) is 10.7 Å². The highest BCUT2D eigenvalue weighted by atomic mass is 79.9. The highest BCUT2D eigenvalue weighted by Crippen LogP contribution is 2.23. The minimum Gasteiger partial charge on any atom is -0.383 e. The summed E-state index contributed by atoms with van der Waals surface area (Å²) in [5, 5.41) is 0. The van der Waals surface area contributed by atoms with Gasteiger partial charge < -0.3 is 5.73 Å². The Bertz CT molecular complexity index is 659. The number of rotatable bonds is 3. The maximum Gasteiger partial charge on any atom is 0.187 e. The molecule has 2 aromatic heterocycles. The molecule has 0 radical (unpaired) electrons. The molecule has 2 N–H and O–H groups in total. The highest BCUT2D eigenvalue weighted by Gasteiger charge is 2.20. The topological polar surface area (TPSA) is 85.9 Å². The zero-order valence-electron chi connectivity index (χ0n) is 9.25. The molecule has 0 aromatic carbocycles. The number of anilines is 1. The van der Waals surface area contributed by atoms with Crippen LogP contribution in [0.15, 0.2) is 46.0 Å².